The maximum Gasteiger partial charge on any atom is 0.341 e. The highest BCUT2D eigenvalue weighted by Gasteiger charge is 2.24. The number of benzene rings is 1. The predicted octanol–water partition coefficient (Wildman–Crippen LogP) is 4.53. The molecule has 10 heteroatoms. The summed E-state index contributed by atoms with van der Waals surface area (Å²) in [4.78, 5) is 48.9. The summed E-state index contributed by atoms with van der Waals surface area (Å²) in [5.74, 6) is -1.82. The van der Waals surface area contributed by atoms with E-state index in [1.165, 1.54) is 18.3 Å². The lowest BCUT2D eigenvalue weighted by atomic mass is 10.0. The van der Waals surface area contributed by atoms with Crippen molar-refractivity contribution in [3.05, 3.63) is 51.4 Å². The van der Waals surface area contributed by atoms with Crippen LogP contribution in [0.15, 0.2) is 29.6 Å². The zero-order valence-corrected chi connectivity index (χ0v) is 21.2. The Labute approximate surface area is 208 Å². The topological polar surface area (TPSA) is 111 Å². The van der Waals surface area contributed by atoms with Gasteiger partial charge in [-0.05, 0) is 41.8 Å². The summed E-state index contributed by atoms with van der Waals surface area (Å²) in [6.45, 7) is 6.76. The predicted molar refractivity (Wildman–Crippen MR) is 131 cm³/mol. The van der Waals surface area contributed by atoms with Gasteiger partial charge in [0.1, 0.15) is 5.00 Å². The normalized spacial score (nSPS) is 11.6. The highest BCUT2D eigenvalue weighted by molar-refractivity contribution is 7.15. The quantitative estimate of drug-likeness (QED) is 0.431. The van der Waals surface area contributed by atoms with Gasteiger partial charge >= 0.3 is 11.9 Å². The van der Waals surface area contributed by atoms with Crippen molar-refractivity contribution in [2.24, 2.45) is 5.92 Å². The van der Waals surface area contributed by atoms with E-state index in [4.69, 9.17) is 21.1 Å². The molecule has 0 unspecified atom stereocenters. The summed E-state index contributed by atoms with van der Waals surface area (Å²) in [5, 5.41) is 7.87. The van der Waals surface area contributed by atoms with Crippen LogP contribution in [0, 0.1) is 5.92 Å². The number of rotatable bonds is 11. The number of nitrogens with one attached hydrogen (secondary N) is 2. The minimum absolute atomic E-state index is 0.206. The summed E-state index contributed by atoms with van der Waals surface area (Å²) in [5.41, 5.74) is 1.68. The smallest absolute Gasteiger partial charge is 0.341 e. The van der Waals surface area contributed by atoms with E-state index in [0.717, 1.165) is 5.56 Å². The van der Waals surface area contributed by atoms with Crippen LogP contribution in [-0.2, 0) is 30.3 Å². The van der Waals surface area contributed by atoms with E-state index < -0.39 is 30.5 Å². The number of amides is 2. The Hall–Kier alpha value is -2.91. The van der Waals surface area contributed by atoms with Crippen molar-refractivity contribution in [3.8, 4) is 0 Å². The molecule has 0 aliphatic heterocycles. The number of thiophene rings is 1. The van der Waals surface area contributed by atoms with E-state index in [-0.39, 0.29) is 18.9 Å². The molecular weight excluding hydrogens is 480 g/mol. The molecule has 1 heterocycles. The van der Waals surface area contributed by atoms with E-state index in [9.17, 15) is 19.2 Å². The molecule has 0 aliphatic rings. The van der Waals surface area contributed by atoms with Crippen molar-refractivity contribution in [3.63, 3.8) is 0 Å². The fourth-order valence-electron chi connectivity index (χ4n) is 3.28. The average Bonchev–Trinajstić information content (AvgIpc) is 3.13. The maximum atomic E-state index is 12.5. The average molecular weight is 509 g/mol. The summed E-state index contributed by atoms with van der Waals surface area (Å²) in [6, 6.07) is 6.13. The zero-order valence-electron chi connectivity index (χ0n) is 19.6. The third-order valence-corrected chi connectivity index (χ3v) is 5.91. The number of carbonyl (C=O) groups is 4. The maximum absolute atomic E-state index is 12.5. The van der Waals surface area contributed by atoms with E-state index in [1.54, 1.807) is 31.2 Å². The fraction of sp³-hybridized carbons (Fsp3) is 0.417. The highest BCUT2D eigenvalue weighted by atomic mass is 35.5. The molecule has 34 heavy (non-hydrogen) atoms. The lowest BCUT2D eigenvalue weighted by Gasteiger charge is -2.18. The van der Waals surface area contributed by atoms with Crippen molar-refractivity contribution in [2.75, 3.05) is 18.5 Å². The first-order valence-electron chi connectivity index (χ1n) is 10.9. The van der Waals surface area contributed by atoms with Gasteiger partial charge in [-0.25, -0.2) is 4.79 Å². The van der Waals surface area contributed by atoms with Crippen LogP contribution in [0.2, 0.25) is 5.02 Å². The van der Waals surface area contributed by atoms with Crippen LogP contribution < -0.4 is 10.6 Å². The van der Waals surface area contributed by atoms with Crippen LogP contribution in [0.4, 0.5) is 5.00 Å². The van der Waals surface area contributed by atoms with Crippen LogP contribution in [0.3, 0.4) is 0 Å². The Morgan fingerprint density at radius 3 is 2.44 bits per heavy atom. The van der Waals surface area contributed by atoms with Crippen molar-refractivity contribution in [1.29, 1.82) is 0 Å². The van der Waals surface area contributed by atoms with E-state index in [1.807, 2.05) is 19.2 Å². The summed E-state index contributed by atoms with van der Waals surface area (Å²) in [6.07, 6.45) is 0.449. The summed E-state index contributed by atoms with van der Waals surface area (Å²) >= 11 is 7.41. The van der Waals surface area contributed by atoms with Gasteiger partial charge in [0.25, 0.3) is 5.91 Å². The van der Waals surface area contributed by atoms with E-state index in [0.29, 0.717) is 33.5 Å². The van der Waals surface area contributed by atoms with Gasteiger partial charge in [0.15, 0.2) is 6.61 Å². The lowest BCUT2D eigenvalue weighted by molar-refractivity contribution is -0.148. The van der Waals surface area contributed by atoms with Crippen LogP contribution in [0.25, 0.3) is 0 Å². The Morgan fingerprint density at radius 2 is 1.82 bits per heavy atom. The van der Waals surface area contributed by atoms with Gasteiger partial charge in [-0.3, -0.25) is 14.4 Å². The monoisotopic (exact) mass is 508 g/mol. The molecule has 0 bridgehead atoms. The molecule has 2 amide bonds. The van der Waals surface area contributed by atoms with Gasteiger partial charge in [-0.15, -0.1) is 11.3 Å². The van der Waals surface area contributed by atoms with Gasteiger partial charge in [0.05, 0.1) is 24.6 Å². The van der Waals surface area contributed by atoms with Crippen molar-refractivity contribution >= 4 is 51.7 Å². The van der Waals surface area contributed by atoms with Crippen molar-refractivity contribution < 1.29 is 28.7 Å². The molecule has 0 aliphatic carbocycles. The molecule has 1 aromatic heterocycles. The molecule has 2 aromatic rings. The Bertz CT molecular complexity index is 1040. The Kier molecular flexibility index (Phi) is 10.5. The largest absolute Gasteiger partial charge is 0.462 e. The number of anilines is 1. The van der Waals surface area contributed by atoms with Crippen LogP contribution in [0.1, 0.15) is 61.6 Å². The second-order valence-corrected chi connectivity index (χ2v) is 9.26. The molecule has 1 atom stereocenters. The SMILES string of the molecule is CCOC(=O)c1c(CC(C)C)csc1NC(=O)COC(=O)C[C@@H](NC(C)=O)c1ccccc1Cl. The molecule has 0 saturated carbocycles. The van der Waals surface area contributed by atoms with E-state index in [2.05, 4.69) is 10.6 Å². The Balaban J connectivity index is 2.03. The molecule has 184 valence electrons. The van der Waals surface area contributed by atoms with Crippen LogP contribution >= 0.6 is 22.9 Å². The number of carbonyl (C=O) groups excluding carboxylic acids is 4. The van der Waals surface area contributed by atoms with Crippen molar-refractivity contribution in [2.45, 2.75) is 46.6 Å². The van der Waals surface area contributed by atoms with Crippen LogP contribution in [-0.4, -0.2) is 37.0 Å². The van der Waals surface area contributed by atoms with Crippen LogP contribution in [0.5, 0.6) is 0 Å². The first kappa shape index (κ1) is 27.3. The molecule has 2 rings (SSSR count). The highest BCUT2D eigenvalue weighted by Crippen LogP contribution is 2.31. The molecule has 2 N–H and O–H groups in total. The molecule has 0 saturated heterocycles. The zero-order chi connectivity index (χ0) is 25.3. The van der Waals surface area contributed by atoms with Gasteiger partial charge in [-0.2, -0.15) is 0 Å². The first-order chi connectivity index (χ1) is 16.1. The number of hydrogen-bond donors (Lipinski definition) is 2. The number of ether oxygens (including phenoxy) is 2. The minimum Gasteiger partial charge on any atom is -0.462 e. The van der Waals surface area contributed by atoms with E-state index >= 15 is 0 Å². The Morgan fingerprint density at radius 1 is 1.12 bits per heavy atom. The fourth-order valence-corrected chi connectivity index (χ4v) is 4.53. The van der Waals surface area contributed by atoms with Gasteiger partial charge < -0.3 is 20.1 Å². The van der Waals surface area contributed by atoms with Crippen molar-refractivity contribution in [1.82, 2.24) is 5.32 Å². The summed E-state index contributed by atoms with van der Waals surface area (Å²) in [7, 11) is 0. The standard InChI is InChI=1S/C24H29ClN2O6S/c1-5-32-24(31)22-16(10-14(2)3)13-34-23(22)27-20(29)12-33-21(30)11-19(26-15(4)28)17-8-6-7-9-18(17)25/h6-9,13-14,19H,5,10-12H2,1-4H3,(H,26,28)(H,27,29)/t19-/m1/s1. The number of halogens is 1. The number of hydrogen-bond acceptors (Lipinski definition) is 7. The second-order valence-electron chi connectivity index (χ2n) is 7.97. The molecule has 0 radical (unpaired) electrons. The third-order valence-electron chi connectivity index (χ3n) is 4.62. The molecule has 1 aromatic carbocycles. The second kappa shape index (κ2) is 13.1. The lowest BCUT2D eigenvalue weighted by Crippen LogP contribution is -2.30. The third kappa shape index (κ3) is 8.14. The number of esters is 2. The molecule has 8 nitrogen and oxygen atoms in total. The molecular formula is C24H29ClN2O6S. The minimum atomic E-state index is -0.701. The van der Waals surface area contributed by atoms with Gasteiger partial charge in [0, 0.05) is 11.9 Å². The first-order valence-corrected chi connectivity index (χ1v) is 12.1. The van der Waals surface area contributed by atoms with Gasteiger partial charge in [-0.1, -0.05) is 43.6 Å². The summed E-state index contributed by atoms with van der Waals surface area (Å²) < 4.78 is 10.3. The molecule has 0 fully saturated rings. The molecule has 0 spiro atoms. The van der Waals surface area contributed by atoms with Gasteiger partial charge in [0.2, 0.25) is 5.91 Å².